The quantitative estimate of drug-likeness (QED) is 0.377. The number of likely N-dealkylation sites (tertiary alicyclic amines) is 1. The number of hydrogen-bond acceptors (Lipinski definition) is 10. The van der Waals surface area contributed by atoms with Gasteiger partial charge in [-0.1, -0.05) is 17.3 Å². The second-order valence-corrected chi connectivity index (χ2v) is 9.94. The van der Waals surface area contributed by atoms with E-state index in [9.17, 15) is 5.11 Å². The Kier molecular flexibility index (Phi) is 7.71. The number of aryl methyl sites for hydroxylation is 2. The van der Waals surface area contributed by atoms with Crippen LogP contribution in [0, 0.1) is 20.8 Å². The van der Waals surface area contributed by atoms with E-state index in [1.165, 1.54) is 0 Å². The lowest BCUT2D eigenvalue weighted by Gasteiger charge is -2.34. The van der Waals surface area contributed by atoms with Crippen LogP contribution in [0.25, 0.3) is 22.6 Å². The summed E-state index contributed by atoms with van der Waals surface area (Å²) < 4.78 is 16.7. The molecular formula is C27H36N6O4. The molecule has 3 N–H and O–H groups in total. The smallest absolute Gasteiger partial charge is 0.162 e. The first kappa shape index (κ1) is 25.6. The molecule has 0 radical (unpaired) electrons. The topological polar surface area (TPSA) is 118 Å². The van der Waals surface area contributed by atoms with Gasteiger partial charge in [0.1, 0.15) is 30.0 Å². The Morgan fingerprint density at radius 2 is 2.05 bits per heavy atom. The molecule has 2 aliphatic heterocycles. The predicted octanol–water partition coefficient (Wildman–Crippen LogP) is 2.57. The van der Waals surface area contributed by atoms with E-state index in [1.807, 2.05) is 45.0 Å². The number of nitrogens with one attached hydrogen (secondary N) is 2. The molecule has 5 rings (SSSR count). The van der Waals surface area contributed by atoms with Gasteiger partial charge in [0.15, 0.2) is 5.82 Å². The molecule has 198 valence electrons. The molecular weight excluding hydrogens is 472 g/mol. The van der Waals surface area contributed by atoms with Crippen LogP contribution in [0.1, 0.15) is 23.4 Å². The van der Waals surface area contributed by atoms with E-state index >= 15 is 0 Å². The van der Waals surface area contributed by atoms with Gasteiger partial charge in [-0.2, -0.15) is 0 Å². The van der Waals surface area contributed by atoms with Crippen molar-refractivity contribution in [1.29, 1.82) is 0 Å². The number of aromatic nitrogens is 3. The summed E-state index contributed by atoms with van der Waals surface area (Å²) in [6, 6.07) is 8.48. The van der Waals surface area contributed by atoms with E-state index in [1.54, 1.807) is 7.05 Å². The molecule has 2 aliphatic rings. The second-order valence-electron chi connectivity index (χ2n) is 9.94. The molecule has 0 aliphatic carbocycles. The van der Waals surface area contributed by atoms with E-state index in [4.69, 9.17) is 24.0 Å². The van der Waals surface area contributed by atoms with Crippen LogP contribution in [0.2, 0.25) is 0 Å². The maximum Gasteiger partial charge on any atom is 0.162 e. The standard InChI is InChI=1S/C27H36N6O4/c1-16-25(24-17(2)32-37-18(24)3)30-27(19-6-5-7-23(10-19)36-15-22(34)11-28-4)31-26(16)29-20-8-9-33(12-20)21-13-35-14-21/h5-7,10,20-22,28,34H,8-9,11-15H2,1-4H3,(H,29,30,31). The zero-order valence-electron chi connectivity index (χ0n) is 22.0. The summed E-state index contributed by atoms with van der Waals surface area (Å²) in [5, 5.41) is 20.8. The van der Waals surface area contributed by atoms with E-state index in [0.29, 0.717) is 30.2 Å². The molecule has 3 aromatic rings. The molecule has 2 unspecified atom stereocenters. The summed E-state index contributed by atoms with van der Waals surface area (Å²) in [5.41, 5.74) is 4.29. The molecule has 4 heterocycles. The van der Waals surface area contributed by atoms with Crippen molar-refractivity contribution in [1.82, 2.24) is 25.3 Å². The number of aliphatic hydroxyl groups excluding tert-OH is 1. The van der Waals surface area contributed by atoms with Crippen LogP contribution in [0.15, 0.2) is 28.8 Å². The Labute approximate surface area is 217 Å². The molecule has 2 fully saturated rings. The number of ether oxygens (including phenoxy) is 2. The van der Waals surface area contributed by atoms with Gasteiger partial charge in [0.05, 0.1) is 36.2 Å². The molecule has 10 nitrogen and oxygen atoms in total. The van der Waals surface area contributed by atoms with Gasteiger partial charge in [0, 0.05) is 36.8 Å². The average molecular weight is 509 g/mol. The lowest BCUT2D eigenvalue weighted by Crippen LogP contribution is -2.48. The summed E-state index contributed by atoms with van der Waals surface area (Å²) in [6.45, 7) is 10.2. The lowest BCUT2D eigenvalue weighted by molar-refractivity contribution is -0.0571. The number of aliphatic hydroxyl groups is 1. The van der Waals surface area contributed by atoms with Crippen LogP contribution < -0.4 is 15.4 Å². The summed E-state index contributed by atoms with van der Waals surface area (Å²) in [5.74, 6) is 2.78. The molecule has 2 atom stereocenters. The van der Waals surface area contributed by atoms with E-state index in [2.05, 4.69) is 20.7 Å². The molecule has 0 bridgehead atoms. The predicted molar refractivity (Wildman–Crippen MR) is 141 cm³/mol. The SMILES string of the molecule is CNCC(O)COc1cccc(-c2nc(NC3CCN(C4COC4)C3)c(C)c(-c3c(C)noc3C)n2)c1. The number of hydrogen-bond donors (Lipinski definition) is 3. The van der Waals surface area contributed by atoms with Crippen LogP contribution >= 0.6 is 0 Å². The first-order valence-corrected chi connectivity index (χ1v) is 12.9. The largest absolute Gasteiger partial charge is 0.491 e. The normalized spacial score (nSPS) is 19.1. The highest BCUT2D eigenvalue weighted by atomic mass is 16.5. The third-order valence-electron chi connectivity index (χ3n) is 7.09. The number of anilines is 1. The zero-order valence-corrected chi connectivity index (χ0v) is 22.0. The minimum absolute atomic E-state index is 0.195. The van der Waals surface area contributed by atoms with Crippen LogP contribution in [0.3, 0.4) is 0 Å². The third-order valence-corrected chi connectivity index (χ3v) is 7.09. The van der Waals surface area contributed by atoms with Gasteiger partial charge in [-0.15, -0.1) is 0 Å². The fourth-order valence-electron chi connectivity index (χ4n) is 4.93. The Balaban J connectivity index is 1.46. The van der Waals surface area contributed by atoms with Crippen LogP contribution in [0.4, 0.5) is 5.82 Å². The van der Waals surface area contributed by atoms with Crippen molar-refractivity contribution in [3.8, 4) is 28.4 Å². The van der Waals surface area contributed by atoms with Gasteiger partial charge in [0.2, 0.25) is 0 Å². The number of likely N-dealkylation sites (N-methyl/N-ethyl adjacent to an activating group) is 1. The van der Waals surface area contributed by atoms with Gasteiger partial charge in [-0.05, 0) is 46.4 Å². The molecule has 37 heavy (non-hydrogen) atoms. The van der Waals surface area contributed by atoms with Crippen LogP contribution in [-0.2, 0) is 4.74 Å². The average Bonchev–Trinajstić information content (AvgIpc) is 3.44. The van der Waals surface area contributed by atoms with E-state index in [-0.39, 0.29) is 6.61 Å². The Hall–Kier alpha value is -3.05. The molecule has 0 saturated carbocycles. The monoisotopic (exact) mass is 508 g/mol. The van der Waals surface area contributed by atoms with Crippen molar-refractivity contribution >= 4 is 5.82 Å². The molecule has 0 spiro atoms. The van der Waals surface area contributed by atoms with Gasteiger partial charge >= 0.3 is 0 Å². The summed E-state index contributed by atoms with van der Waals surface area (Å²) in [7, 11) is 1.80. The van der Waals surface area contributed by atoms with Crippen molar-refractivity contribution in [2.24, 2.45) is 0 Å². The molecule has 0 amide bonds. The number of nitrogens with zero attached hydrogens (tertiary/aromatic N) is 4. The minimum atomic E-state index is -0.594. The van der Waals surface area contributed by atoms with E-state index < -0.39 is 6.10 Å². The van der Waals surface area contributed by atoms with Gasteiger partial charge in [-0.25, -0.2) is 9.97 Å². The first-order chi connectivity index (χ1) is 17.9. The Morgan fingerprint density at radius 3 is 2.76 bits per heavy atom. The number of benzene rings is 1. The lowest BCUT2D eigenvalue weighted by atomic mass is 10.0. The van der Waals surface area contributed by atoms with Gasteiger partial charge < -0.3 is 29.7 Å². The van der Waals surface area contributed by atoms with Crippen molar-refractivity contribution in [3.05, 3.63) is 41.3 Å². The third kappa shape index (κ3) is 5.62. The highest BCUT2D eigenvalue weighted by molar-refractivity contribution is 5.74. The fraction of sp³-hybridized carbons (Fsp3) is 0.519. The maximum atomic E-state index is 10.0. The second kappa shape index (κ2) is 11.1. The van der Waals surface area contributed by atoms with E-state index in [0.717, 1.165) is 72.4 Å². The highest BCUT2D eigenvalue weighted by Gasteiger charge is 2.33. The molecule has 2 saturated heterocycles. The highest BCUT2D eigenvalue weighted by Crippen LogP contribution is 2.34. The minimum Gasteiger partial charge on any atom is -0.491 e. The summed E-state index contributed by atoms with van der Waals surface area (Å²) in [6.07, 6.45) is 0.456. The van der Waals surface area contributed by atoms with Crippen LogP contribution in [-0.4, -0.2) is 89.8 Å². The van der Waals surface area contributed by atoms with Crippen molar-refractivity contribution in [2.75, 3.05) is 51.8 Å². The molecule has 10 heteroatoms. The van der Waals surface area contributed by atoms with Crippen molar-refractivity contribution in [2.45, 2.75) is 45.4 Å². The fourth-order valence-corrected chi connectivity index (χ4v) is 4.93. The van der Waals surface area contributed by atoms with Crippen LogP contribution in [0.5, 0.6) is 5.75 Å². The van der Waals surface area contributed by atoms with Crippen molar-refractivity contribution in [3.63, 3.8) is 0 Å². The van der Waals surface area contributed by atoms with Crippen molar-refractivity contribution < 1.29 is 19.1 Å². The first-order valence-electron chi connectivity index (χ1n) is 12.9. The van der Waals surface area contributed by atoms with Gasteiger partial charge in [0.25, 0.3) is 0 Å². The summed E-state index contributed by atoms with van der Waals surface area (Å²) >= 11 is 0. The molecule has 1 aromatic carbocycles. The number of rotatable bonds is 10. The maximum absolute atomic E-state index is 10.0. The Morgan fingerprint density at radius 1 is 1.22 bits per heavy atom. The summed E-state index contributed by atoms with van der Waals surface area (Å²) in [4.78, 5) is 12.5. The zero-order chi connectivity index (χ0) is 25.9. The Bertz CT molecular complexity index is 1210. The van der Waals surface area contributed by atoms with Gasteiger partial charge in [-0.3, -0.25) is 4.90 Å². The molecule has 2 aromatic heterocycles.